The van der Waals surface area contributed by atoms with Crippen LogP contribution in [0, 0.1) is 0 Å². The number of anilines is 1. The molecule has 1 unspecified atom stereocenters. The van der Waals surface area contributed by atoms with Crippen LogP contribution in [0.25, 0.3) is 0 Å². The zero-order valence-corrected chi connectivity index (χ0v) is 12.3. The van der Waals surface area contributed by atoms with Crippen LogP contribution in [0.4, 0.5) is 5.69 Å². The number of aliphatic hydroxyl groups is 1. The second-order valence-corrected chi connectivity index (χ2v) is 6.28. The molecule has 1 atom stereocenters. The lowest BCUT2D eigenvalue weighted by molar-refractivity contribution is 0.273. The van der Waals surface area contributed by atoms with Gasteiger partial charge in [-0.1, -0.05) is 42.5 Å². The van der Waals surface area contributed by atoms with Gasteiger partial charge in [-0.2, -0.15) is 0 Å². The van der Waals surface area contributed by atoms with E-state index in [0.717, 1.165) is 5.56 Å². The van der Waals surface area contributed by atoms with Gasteiger partial charge >= 0.3 is 0 Å². The summed E-state index contributed by atoms with van der Waals surface area (Å²) in [6.07, 6.45) is 0.580. The number of primary sulfonamides is 1. The van der Waals surface area contributed by atoms with Gasteiger partial charge in [-0.05, 0) is 24.1 Å². The molecule has 0 heterocycles. The zero-order valence-electron chi connectivity index (χ0n) is 11.4. The maximum absolute atomic E-state index is 11.6. The van der Waals surface area contributed by atoms with Crippen LogP contribution in [0.2, 0.25) is 0 Å². The summed E-state index contributed by atoms with van der Waals surface area (Å²) in [5.41, 5.74) is 1.45. The van der Waals surface area contributed by atoms with E-state index in [2.05, 4.69) is 5.32 Å². The predicted molar refractivity (Wildman–Crippen MR) is 82.5 cm³/mol. The Morgan fingerprint density at radius 1 is 1.05 bits per heavy atom. The second-order valence-electron chi connectivity index (χ2n) is 4.75. The molecule has 2 aromatic carbocycles. The average molecular weight is 306 g/mol. The van der Waals surface area contributed by atoms with E-state index < -0.39 is 10.0 Å². The monoisotopic (exact) mass is 306 g/mol. The van der Waals surface area contributed by atoms with Gasteiger partial charge in [0.2, 0.25) is 10.0 Å². The molecule has 0 bridgehead atoms. The van der Waals surface area contributed by atoms with Gasteiger partial charge in [-0.3, -0.25) is 0 Å². The number of hydrogen-bond acceptors (Lipinski definition) is 4. The van der Waals surface area contributed by atoms with Crippen molar-refractivity contribution in [3.8, 4) is 0 Å². The van der Waals surface area contributed by atoms with Crippen molar-refractivity contribution in [3.63, 3.8) is 0 Å². The Morgan fingerprint density at radius 2 is 1.67 bits per heavy atom. The predicted octanol–water partition coefficient (Wildman–Crippen LogP) is 1.35. The summed E-state index contributed by atoms with van der Waals surface area (Å²) in [4.78, 5) is 0.0245. The number of para-hydroxylation sites is 1. The molecule has 4 N–H and O–H groups in total. The first-order valence-corrected chi connectivity index (χ1v) is 8.08. The van der Waals surface area contributed by atoms with E-state index in [-0.39, 0.29) is 17.5 Å². The Balaban J connectivity index is 2.20. The molecule has 0 aromatic heterocycles. The highest BCUT2D eigenvalue weighted by Gasteiger charge is 2.16. The molecule has 2 aromatic rings. The third-order valence-corrected chi connectivity index (χ3v) is 4.07. The van der Waals surface area contributed by atoms with E-state index in [1.54, 1.807) is 18.2 Å². The third kappa shape index (κ3) is 4.29. The maximum atomic E-state index is 11.6. The van der Waals surface area contributed by atoms with Gasteiger partial charge in [0.25, 0.3) is 0 Å². The molecule has 21 heavy (non-hydrogen) atoms. The van der Waals surface area contributed by atoms with E-state index in [1.165, 1.54) is 6.07 Å². The van der Waals surface area contributed by atoms with Crippen LogP contribution < -0.4 is 10.5 Å². The molecule has 0 fully saturated rings. The topological polar surface area (TPSA) is 92.4 Å². The zero-order chi connectivity index (χ0) is 15.3. The molecular weight excluding hydrogens is 288 g/mol. The van der Waals surface area contributed by atoms with Crippen LogP contribution in [0.1, 0.15) is 5.56 Å². The van der Waals surface area contributed by atoms with E-state index >= 15 is 0 Å². The van der Waals surface area contributed by atoms with Crippen molar-refractivity contribution in [2.45, 2.75) is 17.4 Å². The molecule has 0 aliphatic carbocycles. The van der Waals surface area contributed by atoms with Gasteiger partial charge in [0, 0.05) is 0 Å². The van der Waals surface area contributed by atoms with Crippen LogP contribution in [0.3, 0.4) is 0 Å². The average Bonchev–Trinajstić information content (AvgIpc) is 2.47. The minimum absolute atomic E-state index is 0.0245. The highest BCUT2D eigenvalue weighted by molar-refractivity contribution is 7.89. The van der Waals surface area contributed by atoms with Crippen LogP contribution in [-0.4, -0.2) is 26.2 Å². The largest absolute Gasteiger partial charge is 0.394 e. The van der Waals surface area contributed by atoms with E-state index in [4.69, 9.17) is 5.14 Å². The van der Waals surface area contributed by atoms with Gasteiger partial charge in [-0.25, -0.2) is 13.6 Å². The van der Waals surface area contributed by atoms with Gasteiger partial charge < -0.3 is 10.4 Å². The molecule has 6 heteroatoms. The Labute approximate surface area is 124 Å². The van der Waals surface area contributed by atoms with Crippen molar-refractivity contribution in [3.05, 3.63) is 60.2 Å². The van der Waals surface area contributed by atoms with Gasteiger partial charge in [0.15, 0.2) is 0 Å². The molecule has 0 amide bonds. The summed E-state index contributed by atoms with van der Waals surface area (Å²) < 4.78 is 23.1. The molecule has 2 rings (SSSR count). The summed E-state index contributed by atoms with van der Waals surface area (Å²) in [6, 6.07) is 15.8. The van der Waals surface area contributed by atoms with Crippen molar-refractivity contribution in [2.75, 3.05) is 11.9 Å². The molecule has 0 saturated carbocycles. The fourth-order valence-corrected chi connectivity index (χ4v) is 2.82. The van der Waals surface area contributed by atoms with Crippen molar-refractivity contribution >= 4 is 15.7 Å². The lowest BCUT2D eigenvalue weighted by atomic mass is 10.1. The van der Waals surface area contributed by atoms with E-state index in [0.29, 0.717) is 12.1 Å². The molecule has 0 aliphatic heterocycles. The highest BCUT2D eigenvalue weighted by atomic mass is 32.2. The number of nitrogens with one attached hydrogen (secondary N) is 1. The summed E-state index contributed by atoms with van der Waals surface area (Å²) in [5, 5.41) is 17.7. The normalized spacial score (nSPS) is 12.9. The number of nitrogens with two attached hydrogens (primary N) is 1. The van der Waals surface area contributed by atoms with E-state index in [9.17, 15) is 13.5 Å². The van der Waals surface area contributed by atoms with Crippen LogP contribution >= 0.6 is 0 Å². The molecule has 0 saturated heterocycles. The van der Waals surface area contributed by atoms with Crippen molar-refractivity contribution in [2.24, 2.45) is 5.14 Å². The van der Waals surface area contributed by atoms with Crippen LogP contribution in [-0.2, 0) is 16.4 Å². The van der Waals surface area contributed by atoms with Crippen molar-refractivity contribution in [1.29, 1.82) is 0 Å². The SMILES string of the molecule is NS(=O)(=O)c1ccccc1NC(CO)Cc1ccccc1. The third-order valence-electron chi connectivity index (χ3n) is 3.10. The number of benzene rings is 2. The first kappa shape index (κ1) is 15.5. The van der Waals surface area contributed by atoms with Crippen LogP contribution in [0.15, 0.2) is 59.5 Å². The molecule has 0 spiro atoms. The van der Waals surface area contributed by atoms with Gasteiger partial charge in [0.1, 0.15) is 4.90 Å². The standard InChI is InChI=1S/C15H18N2O3S/c16-21(19,20)15-9-5-4-8-14(15)17-13(11-18)10-12-6-2-1-3-7-12/h1-9,13,17-18H,10-11H2,(H2,16,19,20). The minimum Gasteiger partial charge on any atom is -0.394 e. The molecule has 0 radical (unpaired) electrons. The summed E-state index contributed by atoms with van der Waals surface area (Å²) in [7, 11) is -3.80. The maximum Gasteiger partial charge on any atom is 0.240 e. The smallest absolute Gasteiger partial charge is 0.240 e. The Morgan fingerprint density at radius 3 is 2.29 bits per heavy atom. The number of rotatable bonds is 6. The van der Waals surface area contributed by atoms with Crippen molar-refractivity contribution in [1.82, 2.24) is 0 Å². The van der Waals surface area contributed by atoms with E-state index in [1.807, 2.05) is 30.3 Å². The molecular formula is C15H18N2O3S. The Hall–Kier alpha value is -1.89. The summed E-state index contributed by atoms with van der Waals surface area (Å²) in [5.74, 6) is 0. The molecule has 112 valence electrons. The Kier molecular flexibility index (Phi) is 4.95. The molecule has 5 nitrogen and oxygen atoms in total. The molecule has 0 aliphatic rings. The highest BCUT2D eigenvalue weighted by Crippen LogP contribution is 2.20. The van der Waals surface area contributed by atoms with Crippen LogP contribution in [0.5, 0.6) is 0 Å². The lowest BCUT2D eigenvalue weighted by Gasteiger charge is -2.19. The minimum atomic E-state index is -3.80. The summed E-state index contributed by atoms with van der Waals surface area (Å²) >= 11 is 0. The second kappa shape index (κ2) is 6.71. The number of hydrogen-bond donors (Lipinski definition) is 3. The van der Waals surface area contributed by atoms with Gasteiger partial charge in [-0.15, -0.1) is 0 Å². The first-order chi connectivity index (χ1) is 10.0. The summed E-state index contributed by atoms with van der Waals surface area (Å²) in [6.45, 7) is -0.117. The quantitative estimate of drug-likeness (QED) is 0.751. The number of aliphatic hydroxyl groups excluding tert-OH is 1. The fourth-order valence-electron chi connectivity index (χ4n) is 2.11. The lowest BCUT2D eigenvalue weighted by Crippen LogP contribution is -2.27. The van der Waals surface area contributed by atoms with Gasteiger partial charge in [0.05, 0.1) is 18.3 Å². The Bertz CT molecular complexity index is 687. The van der Waals surface area contributed by atoms with Crippen molar-refractivity contribution < 1.29 is 13.5 Å². The number of sulfonamides is 1. The first-order valence-electron chi connectivity index (χ1n) is 6.54. The fraction of sp³-hybridized carbons (Fsp3) is 0.200.